The molecule has 0 fully saturated rings. The minimum atomic E-state index is 0.0456. The van der Waals surface area contributed by atoms with Gasteiger partial charge < -0.3 is 0 Å². The first-order valence-corrected chi connectivity index (χ1v) is 4.86. The third kappa shape index (κ3) is 0.934. The fraction of sp³-hybridized carbons (Fsp3) is 0.0769. The smallest absolute Gasteiger partial charge is 0.212 e. The van der Waals surface area contributed by atoms with Crippen molar-refractivity contribution in [3.63, 3.8) is 0 Å². The third-order valence-corrected chi connectivity index (χ3v) is 2.84. The Morgan fingerprint density at radius 2 is 1.67 bits per heavy atom. The zero-order valence-corrected chi connectivity index (χ0v) is 8.32. The molecule has 0 N–H and O–H groups in total. The highest BCUT2D eigenvalue weighted by molar-refractivity contribution is 6.59. The summed E-state index contributed by atoms with van der Waals surface area (Å²) in [5.74, 6) is 0.0456. The number of hydrogen-bond donors (Lipinski definition) is 0. The molecule has 0 bridgehead atoms. The summed E-state index contributed by atoms with van der Waals surface area (Å²) in [4.78, 5) is 16.1. The molecule has 2 aromatic rings. The SMILES string of the molecule is C/N=C1/C(=O)c2cccc3cccc1c23. The van der Waals surface area contributed by atoms with E-state index in [1.54, 1.807) is 7.05 Å². The van der Waals surface area contributed by atoms with Crippen LogP contribution in [-0.2, 0) is 0 Å². The molecule has 0 spiro atoms. The zero-order chi connectivity index (χ0) is 10.4. The van der Waals surface area contributed by atoms with Crippen molar-refractivity contribution in [2.75, 3.05) is 7.05 Å². The van der Waals surface area contributed by atoms with E-state index in [1.165, 1.54) is 0 Å². The lowest BCUT2D eigenvalue weighted by atomic mass is 10.1. The van der Waals surface area contributed by atoms with Gasteiger partial charge in [0.25, 0.3) is 0 Å². The molecule has 0 aromatic heterocycles. The van der Waals surface area contributed by atoms with Gasteiger partial charge in [0.05, 0.1) is 0 Å². The number of nitrogens with zero attached hydrogens (tertiary/aromatic N) is 1. The predicted octanol–water partition coefficient (Wildman–Crippen LogP) is 2.46. The van der Waals surface area contributed by atoms with Gasteiger partial charge in [-0.25, -0.2) is 0 Å². The standard InChI is InChI=1S/C13H9NO/c1-14-12-9-6-2-4-8-5-3-7-10(11(8)9)13(12)15/h2-7H,1H3/b14-12+. The van der Waals surface area contributed by atoms with Crippen molar-refractivity contribution < 1.29 is 4.79 Å². The summed E-state index contributed by atoms with van der Waals surface area (Å²) in [7, 11) is 1.66. The molecule has 0 atom stereocenters. The number of hydrogen-bond acceptors (Lipinski definition) is 2. The zero-order valence-electron chi connectivity index (χ0n) is 8.32. The van der Waals surface area contributed by atoms with E-state index in [0.717, 1.165) is 21.9 Å². The van der Waals surface area contributed by atoms with Crippen LogP contribution < -0.4 is 0 Å². The van der Waals surface area contributed by atoms with E-state index in [9.17, 15) is 4.79 Å². The Kier molecular flexibility index (Phi) is 1.54. The molecule has 0 amide bonds. The second-order valence-electron chi connectivity index (χ2n) is 3.61. The van der Waals surface area contributed by atoms with Crippen LogP contribution in [0.15, 0.2) is 41.4 Å². The topological polar surface area (TPSA) is 29.4 Å². The first kappa shape index (κ1) is 8.36. The first-order valence-electron chi connectivity index (χ1n) is 4.86. The van der Waals surface area contributed by atoms with Gasteiger partial charge in [0.15, 0.2) is 0 Å². The Labute approximate surface area is 87.3 Å². The summed E-state index contributed by atoms with van der Waals surface area (Å²) in [6, 6.07) is 11.7. The average Bonchev–Trinajstić information content (AvgIpc) is 2.55. The van der Waals surface area contributed by atoms with E-state index in [4.69, 9.17) is 0 Å². The summed E-state index contributed by atoms with van der Waals surface area (Å²) in [6.07, 6.45) is 0. The summed E-state index contributed by atoms with van der Waals surface area (Å²) < 4.78 is 0. The summed E-state index contributed by atoms with van der Waals surface area (Å²) in [6.45, 7) is 0. The van der Waals surface area contributed by atoms with Crippen molar-refractivity contribution in [2.24, 2.45) is 4.99 Å². The first-order chi connectivity index (χ1) is 7.33. The van der Waals surface area contributed by atoms with Gasteiger partial charge in [0.2, 0.25) is 5.78 Å². The lowest BCUT2D eigenvalue weighted by molar-refractivity contribution is 0.107. The van der Waals surface area contributed by atoms with Crippen LogP contribution in [0.2, 0.25) is 0 Å². The minimum absolute atomic E-state index is 0.0456. The van der Waals surface area contributed by atoms with Gasteiger partial charge in [-0.15, -0.1) is 0 Å². The van der Waals surface area contributed by atoms with Crippen LogP contribution in [0.4, 0.5) is 0 Å². The normalized spacial score (nSPS) is 16.6. The Balaban J connectivity index is 2.56. The van der Waals surface area contributed by atoms with Crippen molar-refractivity contribution in [1.29, 1.82) is 0 Å². The molecule has 0 heterocycles. The van der Waals surface area contributed by atoms with Crippen LogP contribution in [0.5, 0.6) is 0 Å². The molecule has 2 nitrogen and oxygen atoms in total. The second kappa shape index (κ2) is 2.76. The maximum Gasteiger partial charge on any atom is 0.212 e. The molecule has 0 unspecified atom stereocenters. The fourth-order valence-electron chi connectivity index (χ4n) is 2.20. The number of aliphatic imine (C=N–C) groups is 1. The highest BCUT2D eigenvalue weighted by Crippen LogP contribution is 2.30. The highest BCUT2D eigenvalue weighted by atomic mass is 16.1. The maximum atomic E-state index is 12.0. The molecule has 1 aliphatic carbocycles. The monoisotopic (exact) mass is 195 g/mol. The highest BCUT2D eigenvalue weighted by Gasteiger charge is 2.27. The molecule has 3 rings (SSSR count). The molecule has 0 saturated heterocycles. The second-order valence-corrected chi connectivity index (χ2v) is 3.61. The van der Waals surface area contributed by atoms with Crippen LogP contribution >= 0.6 is 0 Å². The largest absolute Gasteiger partial charge is 0.287 e. The average molecular weight is 195 g/mol. The molecular formula is C13H9NO. The third-order valence-electron chi connectivity index (χ3n) is 2.84. The van der Waals surface area contributed by atoms with Crippen LogP contribution in [0, 0.1) is 0 Å². The predicted molar refractivity (Wildman–Crippen MR) is 60.7 cm³/mol. The van der Waals surface area contributed by atoms with Crippen LogP contribution in [0.3, 0.4) is 0 Å². The van der Waals surface area contributed by atoms with E-state index >= 15 is 0 Å². The van der Waals surface area contributed by atoms with Crippen molar-refractivity contribution in [2.45, 2.75) is 0 Å². The number of carbonyl (C=O) groups is 1. The van der Waals surface area contributed by atoms with Gasteiger partial charge in [0.1, 0.15) is 5.71 Å². The molecule has 0 radical (unpaired) electrons. The van der Waals surface area contributed by atoms with Gasteiger partial charge in [-0.2, -0.15) is 0 Å². The Bertz CT molecular complexity index is 606. The molecule has 2 aromatic carbocycles. The number of carbonyl (C=O) groups excluding carboxylic acids is 1. The number of rotatable bonds is 0. The number of ketones is 1. The van der Waals surface area contributed by atoms with Crippen molar-refractivity contribution in [3.05, 3.63) is 47.5 Å². The molecule has 0 aliphatic heterocycles. The van der Waals surface area contributed by atoms with Crippen LogP contribution in [0.1, 0.15) is 15.9 Å². The van der Waals surface area contributed by atoms with Crippen LogP contribution in [0.25, 0.3) is 10.8 Å². The van der Waals surface area contributed by atoms with Gasteiger partial charge in [0, 0.05) is 23.6 Å². The summed E-state index contributed by atoms with van der Waals surface area (Å²) in [5.41, 5.74) is 2.33. The Morgan fingerprint density at radius 1 is 1.00 bits per heavy atom. The van der Waals surface area contributed by atoms with Gasteiger partial charge in [-0.3, -0.25) is 9.79 Å². The number of Topliss-reactive ketones (excluding diaryl/α,β-unsaturated/α-hetero) is 1. The van der Waals surface area contributed by atoms with E-state index in [2.05, 4.69) is 4.99 Å². The van der Waals surface area contributed by atoms with E-state index in [0.29, 0.717) is 5.71 Å². The van der Waals surface area contributed by atoms with E-state index < -0.39 is 0 Å². The molecule has 15 heavy (non-hydrogen) atoms. The van der Waals surface area contributed by atoms with Crippen molar-refractivity contribution >= 4 is 22.3 Å². The van der Waals surface area contributed by atoms with Gasteiger partial charge in [-0.05, 0) is 5.39 Å². The number of benzene rings is 2. The summed E-state index contributed by atoms with van der Waals surface area (Å²) in [5, 5.41) is 2.16. The quantitative estimate of drug-likeness (QED) is 0.635. The van der Waals surface area contributed by atoms with Gasteiger partial charge >= 0.3 is 0 Å². The van der Waals surface area contributed by atoms with Crippen molar-refractivity contribution in [3.8, 4) is 0 Å². The fourth-order valence-corrected chi connectivity index (χ4v) is 2.20. The molecular weight excluding hydrogens is 186 g/mol. The van der Waals surface area contributed by atoms with Crippen LogP contribution in [-0.4, -0.2) is 18.5 Å². The summed E-state index contributed by atoms with van der Waals surface area (Å²) >= 11 is 0. The molecule has 1 aliphatic rings. The van der Waals surface area contributed by atoms with E-state index in [-0.39, 0.29) is 5.78 Å². The molecule has 0 saturated carbocycles. The van der Waals surface area contributed by atoms with Crippen molar-refractivity contribution in [1.82, 2.24) is 0 Å². The Morgan fingerprint density at radius 3 is 2.33 bits per heavy atom. The lowest BCUT2D eigenvalue weighted by Gasteiger charge is -1.98. The maximum absolute atomic E-state index is 12.0. The van der Waals surface area contributed by atoms with Gasteiger partial charge in [-0.1, -0.05) is 36.4 Å². The Hall–Kier alpha value is -1.96. The molecule has 72 valence electrons. The minimum Gasteiger partial charge on any atom is -0.287 e. The lowest BCUT2D eigenvalue weighted by Crippen LogP contribution is -2.07. The molecule has 2 heteroatoms. The van der Waals surface area contributed by atoms with E-state index in [1.807, 2.05) is 36.4 Å².